The lowest BCUT2D eigenvalue weighted by molar-refractivity contribution is 0.0950. The van der Waals surface area contributed by atoms with Gasteiger partial charge in [-0.2, -0.15) is 0 Å². The fourth-order valence-corrected chi connectivity index (χ4v) is 1.75. The van der Waals surface area contributed by atoms with Crippen molar-refractivity contribution in [1.82, 2.24) is 10.6 Å². The fourth-order valence-electron chi connectivity index (χ4n) is 1.75. The maximum atomic E-state index is 12.0. The van der Waals surface area contributed by atoms with Crippen molar-refractivity contribution in [3.05, 3.63) is 23.8 Å². The number of rotatable bonds is 4. The molecule has 1 unspecified atom stereocenters. The highest BCUT2D eigenvalue weighted by molar-refractivity contribution is 5.94. The molecular weight excluding hydrogens is 280 g/mol. The molecule has 0 spiro atoms. The van der Waals surface area contributed by atoms with E-state index >= 15 is 0 Å². The Morgan fingerprint density at radius 2 is 2.00 bits per heavy atom. The predicted molar refractivity (Wildman–Crippen MR) is 80.2 cm³/mol. The molecule has 20 heavy (non-hydrogen) atoms. The molecule has 1 amide bonds. The zero-order chi connectivity index (χ0) is 13.7. The van der Waals surface area contributed by atoms with E-state index in [1.807, 2.05) is 14.0 Å². The molecule has 5 nitrogen and oxygen atoms in total. The Kier molecular flexibility index (Phi) is 6.61. The zero-order valence-corrected chi connectivity index (χ0v) is 12.6. The summed E-state index contributed by atoms with van der Waals surface area (Å²) >= 11 is 0. The molecule has 1 aromatic carbocycles. The van der Waals surface area contributed by atoms with Gasteiger partial charge in [0.1, 0.15) is 0 Å². The number of fused-ring (bicyclic) bond motifs is 1. The number of hydrogen-bond donors (Lipinski definition) is 2. The van der Waals surface area contributed by atoms with Gasteiger partial charge >= 0.3 is 0 Å². The van der Waals surface area contributed by atoms with Crippen LogP contribution in [0.25, 0.3) is 0 Å². The van der Waals surface area contributed by atoms with Crippen LogP contribution in [0.4, 0.5) is 0 Å². The van der Waals surface area contributed by atoms with Crippen molar-refractivity contribution in [3.8, 4) is 11.5 Å². The van der Waals surface area contributed by atoms with E-state index in [2.05, 4.69) is 10.6 Å². The average Bonchev–Trinajstić information content (AvgIpc) is 2.68. The molecule has 1 atom stereocenters. The number of carbonyl (C=O) groups is 1. The number of hydrogen-bond acceptors (Lipinski definition) is 4. The van der Waals surface area contributed by atoms with Crippen LogP contribution in [0.3, 0.4) is 0 Å². The van der Waals surface area contributed by atoms with Gasteiger partial charge in [0.05, 0.1) is 13.2 Å². The Morgan fingerprint density at radius 3 is 2.70 bits per heavy atom. The Labute approximate surface area is 125 Å². The number of ether oxygens (including phenoxy) is 2. The molecule has 0 aromatic heterocycles. The first kappa shape index (κ1) is 16.6. The van der Waals surface area contributed by atoms with Crippen LogP contribution in [0.1, 0.15) is 23.7 Å². The number of halogens is 1. The lowest BCUT2D eigenvalue weighted by Gasteiger charge is -2.12. The number of carbonyl (C=O) groups excluding carboxylic acids is 1. The molecule has 0 aliphatic carbocycles. The molecule has 0 radical (unpaired) electrons. The quantitative estimate of drug-likeness (QED) is 0.887. The van der Waals surface area contributed by atoms with Crippen LogP contribution in [-0.4, -0.2) is 38.8 Å². The van der Waals surface area contributed by atoms with Crippen molar-refractivity contribution in [2.75, 3.05) is 26.8 Å². The third-order valence-electron chi connectivity index (χ3n) is 3.07. The van der Waals surface area contributed by atoms with Gasteiger partial charge < -0.3 is 20.1 Å². The lowest BCUT2D eigenvalue weighted by atomic mass is 10.2. The summed E-state index contributed by atoms with van der Waals surface area (Å²) in [5.41, 5.74) is 0.590. The lowest BCUT2D eigenvalue weighted by Crippen LogP contribution is -2.37. The SMILES string of the molecule is CNC(C)CNC(=O)c1ccc2c(c1)OCCCO2.Cl. The second-order valence-electron chi connectivity index (χ2n) is 4.61. The van der Waals surface area contributed by atoms with Crippen LogP contribution in [0.2, 0.25) is 0 Å². The van der Waals surface area contributed by atoms with Crippen LogP contribution in [-0.2, 0) is 0 Å². The summed E-state index contributed by atoms with van der Waals surface area (Å²) in [5, 5.41) is 5.94. The van der Waals surface area contributed by atoms with Crippen LogP contribution < -0.4 is 20.1 Å². The molecular formula is C14H21ClN2O3. The standard InChI is InChI=1S/C14H20N2O3.ClH/c1-10(15-2)9-16-14(17)11-4-5-12-13(8-11)19-7-3-6-18-12;/h4-5,8,10,15H,3,6-7,9H2,1-2H3,(H,16,17);1H. The van der Waals surface area contributed by atoms with Gasteiger partial charge in [0.15, 0.2) is 11.5 Å². The topological polar surface area (TPSA) is 59.6 Å². The van der Waals surface area contributed by atoms with E-state index in [1.54, 1.807) is 18.2 Å². The predicted octanol–water partition coefficient (Wildman–Crippen LogP) is 1.61. The number of amides is 1. The molecule has 2 N–H and O–H groups in total. The van der Waals surface area contributed by atoms with Crippen molar-refractivity contribution in [2.24, 2.45) is 0 Å². The van der Waals surface area contributed by atoms with Gasteiger partial charge in [-0.1, -0.05) is 0 Å². The summed E-state index contributed by atoms with van der Waals surface area (Å²) in [6.07, 6.45) is 0.857. The van der Waals surface area contributed by atoms with Crippen molar-refractivity contribution in [2.45, 2.75) is 19.4 Å². The second-order valence-corrected chi connectivity index (χ2v) is 4.61. The third-order valence-corrected chi connectivity index (χ3v) is 3.07. The first-order chi connectivity index (χ1) is 9.20. The summed E-state index contributed by atoms with van der Waals surface area (Å²) in [6, 6.07) is 5.52. The minimum atomic E-state index is -0.0993. The van der Waals surface area contributed by atoms with Crippen LogP contribution in [0.15, 0.2) is 18.2 Å². The smallest absolute Gasteiger partial charge is 0.251 e. The van der Waals surface area contributed by atoms with Crippen molar-refractivity contribution in [3.63, 3.8) is 0 Å². The van der Waals surface area contributed by atoms with Gasteiger partial charge in [-0.15, -0.1) is 12.4 Å². The monoisotopic (exact) mass is 300 g/mol. The molecule has 0 saturated heterocycles. The van der Waals surface area contributed by atoms with E-state index in [1.165, 1.54) is 0 Å². The highest BCUT2D eigenvalue weighted by atomic mass is 35.5. The van der Waals surface area contributed by atoms with Gasteiger partial charge in [-0.25, -0.2) is 0 Å². The molecule has 1 aliphatic heterocycles. The molecule has 1 heterocycles. The first-order valence-corrected chi connectivity index (χ1v) is 6.56. The minimum Gasteiger partial charge on any atom is -0.490 e. The Morgan fingerprint density at radius 1 is 1.30 bits per heavy atom. The number of benzene rings is 1. The molecule has 0 bridgehead atoms. The normalized spacial score (nSPS) is 14.7. The van der Waals surface area contributed by atoms with Crippen LogP contribution >= 0.6 is 12.4 Å². The van der Waals surface area contributed by atoms with Crippen molar-refractivity contribution < 1.29 is 14.3 Å². The summed E-state index contributed by atoms with van der Waals surface area (Å²) < 4.78 is 11.1. The van der Waals surface area contributed by atoms with Gasteiger partial charge in [-0.3, -0.25) is 4.79 Å². The summed E-state index contributed by atoms with van der Waals surface area (Å²) in [5.74, 6) is 1.25. The van der Waals surface area contributed by atoms with E-state index in [0.717, 1.165) is 6.42 Å². The van der Waals surface area contributed by atoms with E-state index < -0.39 is 0 Å². The molecule has 1 aromatic rings. The van der Waals surface area contributed by atoms with Crippen molar-refractivity contribution in [1.29, 1.82) is 0 Å². The molecule has 6 heteroatoms. The zero-order valence-electron chi connectivity index (χ0n) is 11.8. The van der Waals surface area contributed by atoms with Gasteiger partial charge in [-0.05, 0) is 32.2 Å². The molecule has 0 saturated carbocycles. The summed E-state index contributed by atoms with van der Waals surface area (Å²) in [6.45, 7) is 3.87. The largest absolute Gasteiger partial charge is 0.490 e. The number of likely N-dealkylation sites (N-methyl/N-ethyl adjacent to an activating group) is 1. The van der Waals surface area contributed by atoms with E-state index in [4.69, 9.17) is 9.47 Å². The molecule has 2 rings (SSSR count). The molecule has 1 aliphatic rings. The van der Waals surface area contributed by atoms with Gasteiger partial charge in [0, 0.05) is 24.6 Å². The van der Waals surface area contributed by atoms with Gasteiger partial charge in [0.2, 0.25) is 0 Å². The first-order valence-electron chi connectivity index (χ1n) is 6.56. The summed E-state index contributed by atoms with van der Waals surface area (Å²) in [4.78, 5) is 12.0. The highest BCUT2D eigenvalue weighted by Gasteiger charge is 2.14. The van der Waals surface area contributed by atoms with Crippen LogP contribution in [0.5, 0.6) is 11.5 Å². The Bertz CT molecular complexity index is 454. The maximum Gasteiger partial charge on any atom is 0.251 e. The maximum absolute atomic E-state index is 12.0. The van der Waals surface area contributed by atoms with E-state index in [0.29, 0.717) is 36.8 Å². The van der Waals surface area contributed by atoms with E-state index in [9.17, 15) is 4.79 Å². The Balaban J connectivity index is 0.00000200. The fraction of sp³-hybridized carbons (Fsp3) is 0.500. The average molecular weight is 301 g/mol. The van der Waals surface area contributed by atoms with E-state index in [-0.39, 0.29) is 24.4 Å². The minimum absolute atomic E-state index is 0. The van der Waals surface area contributed by atoms with Crippen molar-refractivity contribution >= 4 is 18.3 Å². The summed E-state index contributed by atoms with van der Waals surface area (Å²) in [7, 11) is 1.87. The van der Waals surface area contributed by atoms with Gasteiger partial charge in [0.25, 0.3) is 5.91 Å². The molecule has 0 fully saturated rings. The molecule has 112 valence electrons. The third kappa shape index (κ3) is 4.28. The van der Waals surface area contributed by atoms with Crippen LogP contribution in [0, 0.1) is 0 Å². The number of nitrogens with one attached hydrogen (secondary N) is 2. The Hall–Kier alpha value is -1.46. The highest BCUT2D eigenvalue weighted by Crippen LogP contribution is 2.30. The second kappa shape index (κ2) is 7.97.